The average Bonchev–Trinajstić information content (AvgIpc) is 2.91. The zero-order valence-electron chi connectivity index (χ0n) is 13.3. The Labute approximate surface area is 161 Å². The van der Waals surface area contributed by atoms with E-state index >= 15 is 0 Å². The molecule has 0 amide bonds. The van der Waals surface area contributed by atoms with Crippen molar-refractivity contribution in [1.29, 1.82) is 0 Å². The van der Waals surface area contributed by atoms with Crippen LogP contribution in [-0.4, -0.2) is 23.1 Å². The molecule has 0 saturated carbocycles. The van der Waals surface area contributed by atoms with E-state index in [0.717, 1.165) is 23.4 Å². The molecule has 0 aliphatic carbocycles. The maximum atomic E-state index is 13.7. The van der Waals surface area contributed by atoms with Crippen molar-refractivity contribution in [2.45, 2.75) is 17.9 Å². The molecule has 4 nitrogen and oxygen atoms in total. The summed E-state index contributed by atoms with van der Waals surface area (Å²) < 4.78 is 48.7. The minimum Gasteiger partial charge on any atom is -0.479 e. The molecule has 0 bridgehead atoms. The summed E-state index contributed by atoms with van der Waals surface area (Å²) in [6.07, 6.45) is -0.929. The number of halogens is 5. The minimum atomic E-state index is -2.51. The predicted octanol–water partition coefficient (Wildman–Crippen LogP) is 5.88. The summed E-state index contributed by atoms with van der Waals surface area (Å²) in [4.78, 5) is 4.45. The first-order chi connectivity index (χ1) is 12.4. The van der Waals surface area contributed by atoms with Gasteiger partial charge >= 0.3 is 0 Å². The number of anilines is 1. The topological polar surface area (TPSA) is 39.1 Å². The van der Waals surface area contributed by atoms with E-state index in [9.17, 15) is 13.2 Å². The average molecular weight is 422 g/mol. The van der Waals surface area contributed by atoms with Crippen molar-refractivity contribution in [2.75, 3.05) is 11.8 Å². The lowest BCUT2D eigenvalue weighted by molar-refractivity contribution is 0.128. The summed E-state index contributed by atoms with van der Waals surface area (Å²) in [5.74, 6) is -0.592. The zero-order valence-corrected chi connectivity index (χ0v) is 15.6. The van der Waals surface area contributed by atoms with E-state index in [0.29, 0.717) is 15.4 Å². The SMILES string of the molecule is COc1nc(Cl)c(F)cc1NSc1cn(CC(F)F)c2cc(Cl)ccc12. The molecular formula is C16H12Cl2F3N3OS. The van der Waals surface area contributed by atoms with Crippen molar-refractivity contribution in [3.63, 3.8) is 0 Å². The highest BCUT2D eigenvalue weighted by Gasteiger charge is 2.15. The van der Waals surface area contributed by atoms with E-state index in [2.05, 4.69) is 9.71 Å². The molecule has 10 heteroatoms. The van der Waals surface area contributed by atoms with E-state index < -0.39 is 18.8 Å². The van der Waals surface area contributed by atoms with Crippen molar-refractivity contribution >= 4 is 51.7 Å². The molecule has 0 saturated heterocycles. The van der Waals surface area contributed by atoms with E-state index in [4.69, 9.17) is 27.9 Å². The van der Waals surface area contributed by atoms with Crippen molar-refractivity contribution < 1.29 is 17.9 Å². The lowest BCUT2D eigenvalue weighted by Crippen LogP contribution is -2.04. The van der Waals surface area contributed by atoms with Gasteiger partial charge in [-0.2, -0.15) is 4.98 Å². The van der Waals surface area contributed by atoms with E-state index in [1.54, 1.807) is 24.4 Å². The number of ether oxygens (including phenoxy) is 1. The Morgan fingerprint density at radius 2 is 2.08 bits per heavy atom. The summed E-state index contributed by atoms with van der Waals surface area (Å²) in [5.41, 5.74) is 0.845. The second kappa shape index (κ2) is 7.85. The molecule has 2 heterocycles. The quantitative estimate of drug-likeness (QED) is 0.398. The minimum absolute atomic E-state index is 0.114. The first kappa shape index (κ1) is 19.0. The fraction of sp³-hybridized carbons (Fsp3) is 0.188. The van der Waals surface area contributed by atoms with Gasteiger partial charge in [0.15, 0.2) is 11.0 Å². The summed E-state index contributed by atoms with van der Waals surface area (Å²) >= 11 is 12.7. The highest BCUT2D eigenvalue weighted by molar-refractivity contribution is 8.00. The number of hydrogen-bond donors (Lipinski definition) is 1. The second-order valence-electron chi connectivity index (χ2n) is 5.22. The molecule has 138 valence electrons. The van der Waals surface area contributed by atoms with Crippen LogP contribution in [0.1, 0.15) is 0 Å². The van der Waals surface area contributed by atoms with Crippen LogP contribution in [0.5, 0.6) is 5.88 Å². The summed E-state index contributed by atoms with van der Waals surface area (Å²) in [5, 5.41) is 0.871. The molecule has 0 radical (unpaired) electrons. The highest BCUT2D eigenvalue weighted by Crippen LogP contribution is 2.35. The lowest BCUT2D eigenvalue weighted by Gasteiger charge is -2.09. The van der Waals surface area contributed by atoms with Crippen molar-refractivity contribution in [1.82, 2.24) is 9.55 Å². The van der Waals surface area contributed by atoms with Crippen LogP contribution in [0.2, 0.25) is 10.2 Å². The van der Waals surface area contributed by atoms with Crippen LogP contribution < -0.4 is 9.46 Å². The molecule has 0 unspecified atom stereocenters. The predicted molar refractivity (Wildman–Crippen MR) is 98.2 cm³/mol. The third-order valence-electron chi connectivity index (χ3n) is 3.51. The molecule has 0 atom stereocenters. The van der Waals surface area contributed by atoms with Crippen LogP contribution in [-0.2, 0) is 6.54 Å². The molecule has 2 aromatic heterocycles. The maximum Gasteiger partial charge on any atom is 0.256 e. The number of rotatable bonds is 6. The molecule has 1 N–H and O–H groups in total. The van der Waals surface area contributed by atoms with Gasteiger partial charge in [-0.3, -0.25) is 0 Å². The Kier molecular flexibility index (Phi) is 5.74. The molecule has 0 aliphatic rings. The number of methoxy groups -OCH3 is 1. The summed E-state index contributed by atoms with van der Waals surface area (Å²) in [7, 11) is 1.38. The number of aromatic nitrogens is 2. The Balaban J connectivity index is 1.93. The van der Waals surface area contributed by atoms with Crippen LogP contribution in [0, 0.1) is 5.82 Å². The zero-order chi connectivity index (χ0) is 18.8. The van der Waals surface area contributed by atoms with Crippen LogP contribution in [0.3, 0.4) is 0 Å². The monoisotopic (exact) mass is 421 g/mol. The number of nitrogens with zero attached hydrogens (tertiary/aromatic N) is 2. The Morgan fingerprint density at radius 1 is 1.31 bits per heavy atom. The fourth-order valence-corrected chi connectivity index (χ4v) is 3.53. The molecule has 1 aromatic carbocycles. The van der Waals surface area contributed by atoms with Gasteiger partial charge in [0.05, 0.1) is 24.1 Å². The van der Waals surface area contributed by atoms with Gasteiger partial charge in [0.1, 0.15) is 5.69 Å². The number of nitrogens with one attached hydrogen (secondary N) is 1. The van der Waals surface area contributed by atoms with Gasteiger partial charge in [-0.05, 0) is 24.1 Å². The van der Waals surface area contributed by atoms with Crippen molar-refractivity contribution in [3.8, 4) is 5.88 Å². The van der Waals surface area contributed by atoms with Crippen LogP contribution >= 0.6 is 35.1 Å². The van der Waals surface area contributed by atoms with Gasteiger partial charge in [-0.25, -0.2) is 13.2 Å². The van der Waals surface area contributed by atoms with Crippen molar-refractivity contribution in [2.24, 2.45) is 0 Å². The number of benzene rings is 1. The Hall–Kier alpha value is -1.77. The van der Waals surface area contributed by atoms with Crippen molar-refractivity contribution in [3.05, 3.63) is 46.5 Å². The van der Waals surface area contributed by atoms with Gasteiger partial charge in [0.25, 0.3) is 6.43 Å². The number of alkyl halides is 2. The summed E-state index contributed by atoms with van der Waals surface area (Å²) in [6.45, 7) is -0.460. The maximum absolute atomic E-state index is 13.7. The number of pyridine rings is 1. The Bertz CT molecular complexity index is 952. The first-order valence-corrected chi connectivity index (χ1v) is 8.85. The largest absolute Gasteiger partial charge is 0.479 e. The number of hydrogen-bond acceptors (Lipinski definition) is 4. The van der Waals surface area contributed by atoms with Crippen LogP contribution in [0.4, 0.5) is 18.9 Å². The highest BCUT2D eigenvalue weighted by atomic mass is 35.5. The normalized spacial score (nSPS) is 11.3. The molecule has 26 heavy (non-hydrogen) atoms. The van der Waals surface area contributed by atoms with Crippen LogP contribution in [0.25, 0.3) is 10.9 Å². The van der Waals surface area contributed by atoms with Gasteiger partial charge < -0.3 is 14.0 Å². The van der Waals surface area contributed by atoms with Gasteiger partial charge in [0, 0.05) is 22.7 Å². The van der Waals surface area contributed by atoms with E-state index in [-0.39, 0.29) is 16.7 Å². The van der Waals surface area contributed by atoms with E-state index in [1.165, 1.54) is 11.7 Å². The van der Waals surface area contributed by atoms with Gasteiger partial charge in [-0.1, -0.05) is 29.3 Å². The van der Waals surface area contributed by atoms with Gasteiger partial charge in [-0.15, -0.1) is 0 Å². The van der Waals surface area contributed by atoms with Gasteiger partial charge in [0.2, 0.25) is 5.88 Å². The fourth-order valence-electron chi connectivity index (χ4n) is 2.40. The number of fused-ring (bicyclic) bond motifs is 1. The third kappa shape index (κ3) is 3.97. The molecule has 0 aliphatic heterocycles. The second-order valence-corrected chi connectivity index (χ2v) is 6.86. The molecular weight excluding hydrogens is 410 g/mol. The third-order valence-corrected chi connectivity index (χ3v) is 4.87. The molecule has 0 spiro atoms. The smallest absolute Gasteiger partial charge is 0.256 e. The first-order valence-electron chi connectivity index (χ1n) is 7.28. The summed E-state index contributed by atoms with van der Waals surface area (Å²) in [6, 6.07) is 6.18. The van der Waals surface area contributed by atoms with Crippen LogP contribution in [0.15, 0.2) is 35.4 Å². The lowest BCUT2D eigenvalue weighted by atomic mass is 10.2. The molecule has 3 aromatic rings. The molecule has 0 fully saturated rings. The molecule has 3 rings (SSSR count). The Morgan fingerprint density at radius 3 is 2.77 bits per heavy atom. The standard InChI is InChI=1S/C16H12Cl2F3N3OS/c1-25-16-11(5-10(19)15(18)22-16)23-26-13-6-24(7-14(20)21)12-4-8(17)2-3-9(12)13/h2-6,14,23H,7H2,1H3. The van der Waals surface area contributed by atoms with E-state index in [1.807, 2.05) is 0 Å².